The van der Waals surface area contributed by atoms with Gasteiger partial charge in [0, 0.05) is 26.3 Å². The molecule has 0 N–H and O–H groups in total. The Bertz CT molecular complexity index is 439. The fraction of sp³-hybridized carbons (Fsp3) is 0.769. The van der Waals surface area contributed by atoms with Crippen LogP contribution in [-0.4, -0.2) is 52.1 Å². The topological polar surface area (TPSA) is 69.5 Å². The number of likely N-dealkylation sites (N-methyl/N-ethyl adjacent to an activating group) is 1. The Hall–Kier alpha value is -1.47. The highest BCUT2D eigenvalue weighted by atomic mass is 16.7. The molecular formula is C13H22N4O3. The monoisotopic (exact) mass is 282 g/mol. The van der Waals surface area contributed by atoms with Gasteiger partial charge in [-0.2, -0.15) is 0 Å². The fourth-order valence-corrected chi connectivity index (χ4v) is 1.94. The van der Waals surface area contributed by atoms with E-state index >= 15 is 0 Å². The second kappa shape index (κ2) is 6.81. The van der Waals surface area contributed by atoms with Crippen LogP contribution >= 0.6 is 0 Å². The average molecular weight is 282 g/mol. The highest BCUT2D eigenvalue weighted by molar-refractivity contribution is 5.76. The Kier molecular flexibility index (Phi) is 5.08. The maximum Gasteiger partial charge on any atom is 0.244 e. The molecule has 1 aliphatic carbocycles. The van der Waals surface area contributed by atoms with Gasteiger partial charge in [-0.05, 0) is 26.7 Å². The third-order valence-electron chi connectivity index (χ3n) is 3.22. The standard InChI is InChI=1S/C13H22N4O3/c1-4-19-13(20-5-2)11-8-17(15-14-11)9-12(18)16(3)10-6-7-10/h8,10,13H,4-7,9H2,1-3H3. The van der Waals surface area contributed by atoms with Crippen molar-refractivity contribution in [2.24, 2.45) is 0 Å². The van der Waals surface area contributed by atoms with Crippen molar-refractivity contribution in [2.45, 2.75) is 45.6 Å². The van der Waals surface area contributed by atoms with Gasteiger partial charge in [0.05, 0.1) is 6.20 Å². The molecule has 0 saturated heterocycles. The van der Waals surface area contributed by atoms with E-state index in [9.17, 15) is 4.79 Å². The van der Waals surface area contributed by atoms with Crippen molar-refractivity contribution >= 4 is 5.91 Å². The molecule has 0 atom stereocenters. The van der Waals surface area contributed by atoms with Crippen molar-refractivity contribution < 1.29 is 14.3 Å². The van der Waals surface area contributed by atoms with Crippen LogP contribution in [0.25, 0.3) is 0 Å². The number of hydrogen-bond acceptors (Lipinski definition) is 5. The summed E-state index contributed by atoms with van der Waals surface area (Å²) in [5, 5.41) is 7.98. The fourth-order valence-electron chi connectivity index (χ4n) is 1.94. The van der Waals surface area contributed by atoms with Crippen molar-refractivity contribution in [3.05, 3.63) is 11.9 Å². The van der Waals surface area contributed by atoms with Crippen LogP contribution in [0.5, 0.6) is 0 Å². The molecule has 2 rings (SSSR count). The normalized spacial score (nSPS) is 14.8. The van der Waals surface area contributed by atoms with Gasteiger partial charge in [-0.3, -0.25) is 4.79 Å². The molecule has 1 aliphatic rings. The van der Waals surface area contributed by atoms with Gasteiger partial charge in [0.1, 0.15) is 12.2 Å². The third kappa shape index (κ3) is 3.77. The summed E-state index contributed by atoms with van der Waals surface area (Å²) in [4.78, 5) is 13.8. The van der Waals surface area contributed by atoms with Crippen molar-refractivity contribution in [1.82, 2.24) is 19.9 Å². The molecule has 0 unspecified atom stereocenters. The van der Waals surface area contributed by atoms with Crippen molar-refractivity contribution in [1.29, 1.82) is 0 Å². The van der Waals surface area contributed by atoms with Gasteiger partial charge in [-0.25, -0.2) is 4.68 Å². The third-order valence-corrected chi connectivity index (χ3v) is 3.22. The Morgan fingerprint density at radius 3 is 2.65 bits per heavy atom. The number of amides is 1. The van der Waals surface area contributed by atoms with E-state index < -0.39 is 6.29 Å². The second-order valence-corrected chi connectivity index (χ2v) is 4.82. The first-order valence-electron chi connectivity index (χ1n) is 7.04. The zero-order chi connectivity index (χ0) is 14.5. The van der Waals surface area contributed by atoms with Crippen LogP contribution in [0.4, 0.5) is 0 Å². The van der Waals surface area contributed by atoms with Gasteiger partial charge in [0.25, 0.3) is 0 Å². The summed E-state index contributed by atoms with van der Waals surface area (Å²) in [7, 11) is 1.83. The summed E-state index contributed by atoms with van der Waals surface area (Å²) in [6, 6.07) is 0.407. The van der Waals surface area contributed by atoms with Crippen LogP contribution in [0, 0.1) is 0 Å². The summed E-state index contributed by atoms with van der Waals surface area (Å²) in [6.45, 7) is 5.04. The van der Waals surface area contributed by atoms with E-state index in [1.54, 1.807) is 11.1 Å². The predicted octanol–water partition coefficient (Wildman–Crippen LogP) is 0.970. The van der Waals surface area contributed by atoms with Gasteiger partial charge >= 0.3 is 0 Å². The van der Waals surface area contributed by atoms with E-state index in [1.807, 2.05) is 20.9 Å². The molecule has 112 valence electrons. The molecule has 1 aromatic rings. The first kappa shape index (κ1) is 14.9. The van der Waals surface area contributed by atoms with E-state index in [1.165, 1.54) is 4.68 Å². The number of nitrogens with zero attached hydrogens (tertiary/aromatic N) is 4. The molecule has 0 spiro atoms. The largest absolute Gasteiger partial charge is 0.347 e. The Balaban J connectivity index is 1.94. The van der Waals surface area contributed by atoms with Crippen LogP contribution < -0.4 is 0 Å². The zero-order valence-corrected chi connectivity index (χ0v) is 12.3. The number of ether oxygens (including phenoxy) is 2. The minimum absolute atomic E-state index is 0.0494. The molecule has 1 aromatic heterocycles. The van der Waals surface area contributed by atoms with Crippen LogP contribution in [0.2, 0.25) is 0 Å². The van der Waals surface area contributed by atoms with Crippen molar-refractivity contribution in [3.63, 3.8) is 0 Å². The van der Waals surface area contributed by atoms with Crippen LogP contribution in [-0.2, 0) is 20.8 Å². The van der Waals surface area contributed by atoms with Crippen molar-refractivity contribution in [3.8, 4) is 0 Å². The second-order valence-electron chi connectivity index (χ2n) is 4.82. The Morgan fingerprint density at radius 2 is 2.10 bits per heavy atom. The minimum Gasteiger partial charge on any atom is -0.347 e. The molecule has 1 fully saturated rings. The number of carbonyl (C=O) groups is 1. The predicted molar refractivity (Wildman–Crippen MR) is 71.8 cm³/mol. The maximum atomic E-state index is 12.0. The quantitative estimate of drug-likeness (QED) is 0.665. The SMILES string of the molecule is CCOC(OCC)c1cn(CC(=O)N(C)C2CC2)nn1. The highest BCUT2D eigenvalue weighted by Gasteiger charge is 2.29. The van der Waals surface area contributed by atoms with E-state index in [2.05, 4.69) is 10.3 Å². The summed E-state index contributed by atoms with van der Waals surface area (Å²) >= 11 is 0. The molecule has 1 amide bonds. The first-order chi connectivity index (χ1) is 9.65. The van der Waals surface area contributed by atoms with Crippen LogP contribution in [0.3, 0.4) is 0 Å². The first-order valence-corrected chi connectivity index (χ1v) is 7.04. The number of carbonyl (C=O) groups excluding carboxylic acids is 1. The molecule has 7 nitrogen and oxygen atoms in total. The Labute approximate surface area is 118 Å². The molecule has 1 saturated carbocycles. The van der Waals surface area contributed by atoms with Gasteiger partial charge in [0.15, 0.2) is 0 Å². The summed E-state index contributed by atoms with van der Waals surface area (Å²) in [5.41, 5.74) is 0.593. The van der Waals surface area contributed by atoms with Gasteiger partial charge in [-0.1, -0.05) is 5.21 Å². The molecule has 0 radical (unpaired) electrons. The lowest BCUT2D eigenvalue weighted by Crippen LogP contribution is -2.32. The molecule has 0 aromatic carbocycles. The number of aromatic nitrogens is 3. The minimum atomic E-state index is -0.519. The lowest BCUT2D eigenvalue weighted by Gasteiger charge is -2.15. The van der Waals surface area contributed by atoms with E-state index in [-0.39, 0.29) is 12.5 Å². The zero-order valence-electron chi connectivity index (χ0n) is 12.3. The summed E-state index contributed by atoms with van der Waals surface area (Å²) in [5.74, 6) is 0.0494. The summed E-state index contributed by atoms with van der Waals surface area (Å²) < 4.78 is 12.4. The van der Waals surface area contributed by atoms with E-state index in [4.69, 9.17) is 9.47 Å². The maximum absolute atomic E-state index is 12.0. The van der Waals surface area contributed by atoms with Gasteiger partial charge < -0.3 is 14.4 Å². The Morgan fingerprint density at radius 1 is 1.45 bits per heavy atom. The molecule has 20 heavy (non-hydrogen) atoms. The van der Waals surface area contributed by atoms with Crippen molar-refractivity contribution in [2.75, 3.05) is 20.3 Å². The smallest absolute Gasteiger partial charge is 0.244 e. The number of hydrogen-bond donors (Lipinski definition) is 0. The molecule has 1 heterocycles. The lowest BCUT2D eigenvalue weighted by atomic mass is 10.4. The van der Waals surface area contributed by atoms with Crippen LogP contribution in [0.1, 0.15) is 38.7 Å². The summed E-state index contributed by atoms with van der Waals surface area (Å²) in [6.07, 6.45) is 3.38. The van der Waals surface area contributed by atoms with Gasteiger partial charge in [-0.15, -0.1) is 5.10 Å². The van der Waals surface area contributed by atoms with E-state index in [0.29, 0.717) is 24.9 Å². The van der Waals surface area contributed by atoms with Crippen LogP contribution in [0.15, 0.2) is 6.20 Å². The number of rotatable bonds is 8. The highest BCUT2D eigenvalue weighted by Crippen LogP contribution is 2.25. The molecule has 0 aliphatic heterocycles. The molecule has 7 heteroatoms. The molecule has 0 bridgehead atoms. The lowest BCUT2D eigenvalue weighted by molar-refractivity contribution is -0.142. The molecular weight excluding hydrogens is 260 g/mol. The van der Waals surface area contributed by atoms with E-state index in [0.717, 1.165) is 12.8 Å². The van der Waals surface area contributed by atoms with Gasteiger partial charge in [0.2, 0.25) is 12.2 Å². The average Bonchev–Trinajstić information content (AvgIpc) is 3.18.